The van der Waals surface area contributed by atoms with Crippen LogP contribution in [0.1, 0.15) is 5.56 Å². The minimum atomic E-state index is -0.563. The molecule has 0 aliphatic rings. The summed E-state index contributed by atoms with van der Waals surface area (Å²) >= 11 is 0. The molecule has 8 heteroatoms. The van der Waals surface area contributed by atoms with Gasteiger partial charge >= 0.3 is 11.6 Å². The van der Waals surface area contributed by atoms with Gasteiger partial charge in [-0.1, -0.05) is 30.3 Å². The minimum absolute atomic E-state index is 0.0498. The van der Waals surface area contributed by atoms with E-state index in [2.05, 4.69) is 20.3 Å². The summed E-state index contributed by atoms with van der Waals surface area (Å²) in [6, 6.07) is 16.5. The van der Waals surface area contributed by atoms with Crippen molar-refractivity contribution in [2.24, 2.45) is 0 Å². The zero-order valence-corrected chi connectivity index (χ0v) is 14.9. The van der Waals surface area contributed by atoms with Crippen LogP contribution in [0.3, 0.4) is 0 Å². The van der Waals surface area contributed by atoms with Crippen molar-refractivity contribution in [3.8, 4) is 11.6 Å². The number of nitrogens with zero attached hydrogens (tertiary/aromatic N) is 4. The van der Waals surface area contributed by atoms with Crippen molar-refractivity contribution in [1.82, 2.24) is 15.0 Å². The van der Waals surface area contributed by atoms with E-state index in [1.165, 1.54) is 6.33 Å². The topological polar surface area (TPSA) is 103 Å². The Hall–Kier alpha value is -4.07. The Morgan fingerprint density at radius 1 is 1.04 bits per heavy atom. The molecular formula is C20H15N5O3. The highest BCUT2D eigenvalue weighted by molar-refractivity contribution is 5.84. The lowest BCUT2D eigenvalue weighted by Gasteiger charge is -2.10. The number of nitrogens with one attached hydrogen (secondary N) is 1. The number of nitro groups is 1. The quantitative estimate of drug-likeness (QED) is 0.397. The molecule has 2 aromatic carbocycles. The molecule has 1 N–H and O–H groups in total. The Balaban J connectivity index is 1.76. The van der Waals surface area contributed by atoms with Gasteiger partial charge in [-0.2, -0.15) is 4.98 Å². The number of benzene rings is 2. The molecule has 0 aliphatic heterocycles. The van der Waals surface area contributed by atoms with Crippen LogP contribution in [-0.2, 0) is 0 Å². The second kappa shape index (κ2) is 7.28. The first-order chi connectivity index (χ1) is 13.6. The fraction of sp³-hybridized carbons (Fsp3) is 0.0500. The molecule has 8 nitrogen and oxygen atoms in total. The van der Waals surface area contributed by atoms with E-state index >= 15 is 0 Å². The summed E-state index contributed by atoms with van der Waals surface area (Å²) in [6.07, 6.45) is 2.85. The van der Waals surface area contributed by atoms with Gasteiger partial charge in [0.25, 0.3) is 0 Å². The standard InChI is InChI=1S/C20H15N5O3/c1-13-5-2-8-15(11-13)24-19-18(25(26)27)20(23-12-22-19)28-16-9-3-6-14-7-4-10-21-17(14)16/h2-12H,1H3,(H,22,23,24). The zero-order valence-electron chi connectivity index (χ0n) is 14.9. The average molecular weight is 373 g/mol. The van der Waals surface area contributed by atoms with E-state index in [0.717, 1.165) is 10.9 Å². The highest BCUT2D eigenvalue weighted by atomic mass is 16.6. The Kier molecular flexibility index (Phi) is 4.51. The van der Waals surface area contributed by atoms with Crippen molar-refractivity contribution in [3.05, 3.63) is 82.8 Å². The normalized spacial score (nSPS) is 10.6. The lowest BCUT2D eigenvalue weighted by atomic mass is 10.2. The van der Waals surface area contributed by atoms with E-state index in [1.54, 1.807) is 24.4 Å². The molecule has 2 aromatic heterocycles. The van der Waals surface area contributed by atoms with E-state index < -0.39 is 4.92 Å². The monoisotopic (exact) mass is 373 g/mol. The van der Waals surface area contributed by atoms with Crippen LogP contribution in [0.5, 0.6) is 11.6 Å². The second-order valence-electron chi connectivity index (χ2n) is 6.06. The highest BCUT2D eigenvalue weighted by Crippen LogP contribution is 2.37. The highest BCUT2D eigenvalue weighted by Gasteiger charge is 2.25. The number of rotatable bonds is 5. The predicted octanol–water partition coefficient (Wildman–Crippen LogP) is 4.78. The molecule has 0 bridgehead atoms. The van der Waals surface area contributed by atoms with Gasteiger partial charge in [0.1, 0.15) is 11.8 Å². The first-order valence-electron chi connectivity index (χ1n) is 8.46. The maximum atomic E-state index is 11.7. The fourth-order valence-corrected chi connectivity index (χ4v) is 2.82. The van der Waals surface area contributed by atoms with Crippen LogP contribution in [0.25, 0.3) is 10.9 Å². The smallest absolute Gasteiger partial charge is 0.373 e. The molecule has 0 unspecified atom stereocenters. The summed E-state index contributed by atoms with van der Waals surface area (Å²) in [7, 11) is 0. The number of fused-ring (bicyclic) bond motifs is 1. The number of ether oxygens (including phenoxy) is 1. The molecule has 0 radical (unpaired) electrons. The van der Waals surface area contributed by atoms with E-state index in [1.807, 2.05) is 43.3 Å². The molecule has 28 heavy (non-hydrogen) atoms. The van der Waals surface area contributed by atoms with Gasteiger partial charge in [0.05, 0.1) is 4.92 Å². The number of hydrogen-bond donors (Lipinski definition) is 1. The number of aromatic nitrogens is 3. The Morgan fingerprint density at radius 3 is 2.68 bits per heavy atom. The van der Waals surface area contributed by atoms with E-state index in [-0.39, 0.29) is 17.4 Å². The number of para-hydroxylation sites is 1. The maximum Gasteiger partial charge on any atom is 0.373 e. The molecule has 0 aliphatic carbocycles. The number of anilines is 2. The summed E-state index contributed by atoms with van der Waals surface area (Å²) in [6.45, 7) is 1.93. The van der Waals surface area contributed by atoms with E-state index in [0.29, 0.717) is 17.0 Å². The molecule has 4 rings (SSSR count). The molecule has 2 heterocycles. The van der Waals surface area contributed by atoms with Crippen molar-refractivity contribution in [1.29, 1.82) is 0 Å². The van der Waals surface area contributed by atoms with Crippen LogP contribution in [0.2, 0.25) is 0 Å². The van der Waals surface area contributed by atoms with Crippen LogP contribution in [0.4, 0.5) is 17.2 Å². The first-order valence-corrected chi connectivity index (χ1v) is 8.46. The van der Waals surface area contributed by atoms with Gasteiger partial charge in [-0.3, -0.25) is 15.1 Å². The van der Waals surface area contributed by atoms with Gasteiger partial charge in [-0.15, -0.1) is 0 Å². The predicted molar refractivity (Wildman–Crippen MR) is 105 cm³/mol. The molecule has 0 saturated heterocycles. The van der Waals surface area contributed by atoms with Crippen LogP contribution in [-0.4, -0.2) is 19.9 Å². The lowest BCUT2D eigenvalue weighted by Crippen LogP contribution is -2.04. The van der Waals surface area contributed by atoms with E-state index in [9.17, 15) is 10.1 Å². The van der Waals surface area contributed by atoms with Gasteiger partial charge in [0.2, 0.25) is 5.82 Å². The largest absolute Gasteiger partial charge is 0.431 e. The van der Waals surface area contributed by atoms with Crippen LogP contribution >= 0.6 is 0 Å². The van der Waals surface area contributed by atoms with Crippen LogP contribution in [0, 0.1) is 17.0 Å². The molecule has 138 valence electrons. The van der Waals surface area contributed by atoms with Crippen molar-refractivity contribution in [3.63, 3.8) is 0 Å². The lowest BCUT2D eigenvalue weighted by molar-refractivity contribution is -0.385. The van der Waals surface area contributed by atoms with Gasteiger partial charge in [-0.25, -0.2) is 4.98 Å². The van der Waals surface area contributed by atoms with Crippen LogP contribution < -0.4 is 10.1 Å². The number of hydrogen-bond acceptors (Lipinski definition) is 7. The second-order valence-corrected chi connectivity index (χ2v) is 6.06. The van der Waals surface area contributed by atoms with Crippen molar-refractivity contribution >= 4 is 28.1 Å². The number of aryl methyl sites for hydroxylation is 1. The van der Waals surface area contributed by atoms with Crippen molar-refractivity contribution in [2.75, 3.05) is 5.32 Å². The number of pyridine rings is 1. The fourth-order valence-electron chi connectivity index (χ4n) is 2.82. The van der Waals surface area contributed by atoms with Crippen molar-refractivity contribution in [2.45, 2.75) is 6.92 Å². The average Bonchev–Trinajstić information content (AvgIpc) is 2.68. The van der Waals surface area contributed by atoms with Crippen molar-refractivity contribution < 1.29 is 9.66 Å². The third-order valence-electron chi connectivity index (χ3n) is 4.05. The third-order valence-corrected chi connectivity index (χ3v) is 4.05. The van der Waals surface area contributed by atoms with Gasteiger partial charge < -0.3 is 10.1 Å². The van der Waals surface area contributed by atoms with E-state index in [4.69, 9.17) is 4.74 Å². The van der Waals surface area contributed by atoms with Gasteiger partial charge in [0, 0.05) is 17.3 Å². The summed E-state index contributed by atoms with van der Waals surface area (Å²) in [5.41, 5.74) is 1.93. The van der Waals surface area contributed by atoms with Gasteiger partial charge in [-0.05, 0) is 36.8 Å². The summed E-state index contributed by atoms with van der Waals surface area (Å²) in [4.78, 5) is 23.5. The molecule has 0 amide bonds. The minimum Gasteiger partial charge on any atom is -0.431 e. The third kappa shape index (κ3) is 3.43. The molecule has 4 aromatic rings. The zero-order chi connectivity index (χ0) is 19.5. The molecule has 0 spiro atoms. The molecule has 0 fully saturated rings. The molecular weight excluding hydrogens is 358 g/mol. The summed E-state index contributed by atoms with van der Waals surface area (Å²) in [5, 5.41) is 15.6. The van der Waals surface area contributed by atoms with Gasteiger partial charge in [0.15, 0.2) is 5.75 Å². The molecule has 0 atom stereocenters. The Bertz CT molecular complexity index is 1170. The summed E-state index contributed by atoms with van der Waals surface area (Å²) < 4.78 is 5.79. The molecule has 0 saturated carbocycles. The Morgan fingerprint density at radius 2 is 1.86 bits per heavy atom. The SMILES string of the molecule is Cc1cccc(Nc2ncnc(Oc3cccc4cccnc34)c2[N+](=O)[O-])c1. The summed E-state index contributed by atoms with van der Waals surface area (Å²) in [5.74, 6) is 0.267. The first kappa shape index (κ1) is 17.3. The van der Waals surface area contributed by atoms with Crippen LogP contribution in [0.15, 0.2) is 67.1 Å². The Labute approximate surface area is 160 Å². The maximum absolute atomic E-state index is 11.7.